The van der Waals surface area contributed by atoms with Crippen molar-refractivity contribution in [3.8, 4) is 0 Å². The molecule has 3 fully saturated rings. The van der Waals surface area contributed by atoms with Gasteiger partial charge in [-0.25, -0.2) is 0 Å². The maximum absolute atomic E-state index is 6.18. The first-order valence-corrected chi connectivity index (χ1v) is 9.71. The topological polar surface area (TPSA) is 6.48 Å². The second-order valence-electron chi connectivity index (χ2n) is 8.25. The smallest absolute Gasteiger partial charge is 0.182 e. The maximum atomic E-state index is 6.18. The lowest BCUT2D eigenvalue weighted by atomic mass is 9.74. The highest BCUT2D eigenvalue weighted by molar-refractivity contribution is 6.04. The van der Waals surface area contributed by atoms with Gasteiger partial charge in [0.25, 0.3) is 0 Å². The van der Waals surface area contributed by atoms with Gasteiger partial charge in [-0.15, -0.1) is 0 Å². The molecule has 0 amide bonds. The van der Waals surface area contributed by atoms with Gasteiger partial charge in [0, 0.05) is 0 Å². The molecule has 4 heteroatoms. The van der Waals surface area contributed by atoms with Crippen molar-refractivity contribution >= 4 is 16.0 Å². The highest BCUT2D eigenvalue weighted by Gasteiger charge is 2.28. The molecule has 2 unspecified atom stereocenters. The lowest BCUT2D eigenvalue weighted by molar-refractivity contribution is 0.160. The first kappa shape index (κ1) is 16.9. The molecule has 0 bridgehead atoms. The van der Waals surface area contributed by atoms with Gasteiger partial charge in [0.05, 0.1) is 0 Å². The quantitative estimate of drug-likeness (QED) is 0.735. The molecule has 4 radical (unpaired) electrons. The van der Waals surface area contributed by atoms with Gasteiger partial charge in [0.2, 0.25) is 0 Å². The molecule has 0 N–H and O–H groups in total. The van der Waals surface area contributed by atoms with Crippen LogP contribution in [0, 0.1) is 17.8 Å². The van der Waals surface area contributed by atoms with Crippen molar-refractivity contribution in [2.45, 2.75) is 76.7 Å². The van der Waals surface area contributed by atoms with E-state index < -0.39 is 0 Å². The molecule has 3 rings (SSSR count). The second kappa shape index (κ2) is 8.24. The third kappa shape index (κ3) is 4.77. The molecule has 1 saturated carbocycles. The molecule has 2 aliphatic heterocycles. The molecule has 0 spiro atoms. The van der Waals surface area contributed by atoms with Crippen LogP contribution in [-0.4, -0.2) is 51.3 Å². The summed E-state index contributed by atoms with van der Waals surface area (Å²) in [5.74, 6) is 2.76. The molecule has 2 nitrogen and oxygen atoms in total. The molecule has 3 aliphatic rings. The standard InChI is InChI=1S/C18H32B2N2/c19-21-10-3-4-17(14-21)12-15-6-8-16(9-7-15)13-18-5-1-2-11-22(18)20/h15-18H,1-14H2. The highest BCUT2D eigenvalue weighted by atomic mass is 15.1. The molecule has 2 heterocycles. The Balaban J connectivity index is 1.37. The van der Waals surface area contributed by atoms with Gasteiger partial charge in [-0.1, -0.05) is 32.1 Å². The van der Waals surface area contributed by atoms with E-state index in [1.54, 1.807) is 0 Å². The van der Waals surface area contributed by atoms with E-state index in [4.69, 9.17) is 16.0 Å². The molecule has 22 heavy (non-hydrogen) atoms. The summed E-state index contributed by atoms with van der Waals surface area (Å²) in [6.45, 7) is 3.33. The summed E-state index contributed by atoms with van der Waals surface area (Å²) >= 11 is 0. The van der Waals surface area contributed by atoms with Gasteiger partial charge < -0.3 is 9.62 Å². The first-order chi connectivity index (χ1) is 10.7. The lowest BCUT2D eigenvalue weighted by Gasteiger charge is -2.39. The van der Waals surface area contributed by atoms with E-state index in [0.29, 0.717) is 6.04 Å². The zero-order valence-electron chi connectivity index (χ0n) is 14.3. The van der Waals surface area contributed by atoms with Gasteiger partial charge in [0.15, 0.2) is 16.0 Å². The minimum Gasteiger partial charge on any atom is -0.353 e. The number of hydrogen-bond donors (Lipinski definition) is 0. The average molecular weight is 298 g/mol. The van der Waals surface area contributed by atoms with Crippen LogP contribution in [0.25, 0.3) is 0 Å². The Morgan fingerprint density at radius 3 is 2.09 bits per heavy atom. The Bertz CT molecular complexity index is 331. The van der Waals surface area contributed by atoms with E-state index in [2.05, 4.69) is 4.81 Å². The third-order valence-electron chi connectivity index (χ3n) is 6.46. The summed E-state index contributed by atoms with van der Waals surface area (Å²) in [5, 5.41) is 0. The molecular weight excluding hydrogens is 266 g/mol. The molecule has 0 aromatic rings. The van der Waals surface area contributed by atoms with E-state index in [9.17, 15) is 0 Å². The number of rotatable bonds is 4. The van der Waals surface area contributed by atoms with Crippen molar-refractivity contribution in [2.24, 2.45) is 17.8 Å². The molecule has 2 saturated heterocycles. The third-order valence-corrected chi connectivity index (χ3v) is 6.46. The number of hydrogen-bond acceptors (Lipinski definition) is 2. The van der Waals surface area contributed by atoms with E-state index in [1.165, 1.54) is 70.6 Å². The molecule has 0 aromatic carbocycles. The average Bonchev–Trinajstić information content (AvgIpc) is 2.52. The van der Waals surface area contributed by atoms with Crippen molar-refractivity contribution in [2.75, 3.05) is 19.6 Å². The fraction of sp³-hybridized carbons (Fsp3) is 1.00. The molecule has 1 aliphatic carbocycles. The molecule has 0 aromatic heterocycles. The van der Waals surface area contributed by atoms with Crippen LogP contribution in [0.15, 0.2) is 0 Å². The van der Waals surface area contributed by atoms with E-state index in [0.717, 1.165) is 37.4 Å². The van der Waals surface area contributed by atoms with E-state index >= 15 is 0 Å². The molecular formula is C18H32B2N2. The lowest BCUT2D eigenvalue weighted by Crippen LogP contribution is -2.39. The van der Waals surface area contributed by atoms with Crippen LogP contribution in [0.1, 0.15) is 70.6 Å². The zero-order chi connectivity index (χ0) is 15.4. The van der Waals surface area contributed by atoms with Crippen LogP contribution in [0.2, 0.25) is 0 Å². The van der Waals surface area contributed by atoms with E-state index in [-0.39, 0.29) is 0 Å². The minimum atomic E-state index is 0.666. The van der Waals surface area contributed by atoms with Crippen molar-refractivity contribution in [1.82, 2.24) is 9.62 Å². The summed E-state index contributed by atoms with van der Waals surface area (Å²) in [6.07, 6.45) is 15.2. The summed E-state index contributed by atoms with van der Waals surface area (Å²) in [7, 11) is 12.2. The molecule has 120 valence electrons. The zero-order valence-corrected chi connectivity index (χ0v) is 14.3. The number of piperidine rings is 2. The van der Waals surface area contributed by atoms with Crippen LogP contribution < -0.4 is 0 Å². The fourth-order valence-corrected chi connectivity index (χ4v) is 5.12. The predicted octanol–water partition coefficient (Wildman–Crippen LogP) is 3.31. The summed E-state index contributed by atoms with van der Waals surface area (Å²) in [6, 6.07) is 0.666. The van der Waals surface area contributed by atoms with Crippen LogP contribution in [-0.2, 0) is 0 Å². The van der Waals surface area contributed by atoms with E-state index in [1.807, 2.05) is 4.81 Å². The van der Waals surface area contributed by atoms with Crippen LogP contribution in [0.4, 0.5) is 0 Å². The maximum Gasteiger partial charge on any atom is 0.182 e. The minimum absolute atomic E-state index is 0.666. The van der Waals surface area contributed by atoms with Crippen molar-refractivity contribution < 1.29 is 0 Å². The Morgan fingerprint density at radius 2 is 1.41 bits per heavy atom. The summed E-state index contributed by atoms with van der Waals surface area (Å²) < 4.78 is 0. The van der Waals surface area contributed by atoms with Crippen LogP contribution >= 0.6 is 0 Å². The van der Waals surface area contributed by atoms with Crippen LogP contribution in [0.5, 0.6) is 0 Å². The largest absolute Gasteiger partial charge is 0.353 e. The second-order valence-corrected chi connectivity index (χ2v) is 8.25. The predicted molar refractivity (Wildman–Crippen MR) is 94.8 cm³/mol. The summed E-state index contributed by atoms with van der Waals surface area (Å²) in [4.78, 5) is 4.17. The van der Waals surface area contributed by atoms with Gasteiger partial charge in [-0.2, -0.15) is 0 Å². The monoisotopic (exact) mass is 298 g/mol. The van der Waals surface area contributed by atoms with Gasteiger partial charge in [-0.3, -0.25) is 0 Å². The fourth-order valence-electron chi connectivity index (χ4n) is 5.12. The SMILES string of the molecule is [B]N1CCCC(CC2CCC(CC3CCCCN3[B])CC2)C1. The van der Waals surface area contributed by atoms with Gasteiger partial charge in [-0.05, 0) is 82.0 Å². The first-order valence-electron chi connectivity index (χ1n) is 9.71. The Labute approximate surface area is 140 Å². The molecule has 2 atom stereocenters. The summed E-state index contributed by atoms with van der Waals surface area (Å²) in [5.41, 5.74) is 0. The van der Waals surface area contributed by atoms with Gasteiger partial charge in [0.1, 0.15) is 0 Å². The van der Waals surface area contributed by atoms with Crippen molar-refractivity contribution in [1.29, 1.82) is 0 Å². The number of nitrogens with zero attached hydrogens (tertiary/aromatic N) is 2. The van der Waals surface area contributed by atoms with Gasteiger partial charge >= 0.3 is 0 Å². The van der Waals surface area contributed by atoms with Crippen molar-refractivity contribution in [3.05, 3.63) is 0 Å². The Morgan fingerprint density at radius 1 is 0.682 bits per heavy atom. The van der Waals surface area contributed by atoms with Crippen molar-refractivity contribution in [3.63, 3.8) is 0 Å². The Kier molecular flexibility index (Phi) is 6.33. The van der Waals surface area contributed by atoms with Crippen LogP contribution in [0.3, 0.4) is 0 Å². The highest BCUT2D eigenvalue weighted by Crippen LogP contribution is 2.37. The Hall–Kier alpha value is 0.0499. The normalized spacial score (nSPS) is 38.9.